The molecular weight excluding hydrogens is 342 g/mol. The highest BCUT2D eigenvalue weighted by atomic mass is 32.2. The topological polar surface area (TPSA) is 90.4 Å². The van der Waals surface area contributed by atoms with Crippen molar-refractivity contribution in [1.29, 1.82) is 0 Å². The number of hydrogen-bond donors (Lipinski definition) is 1. The maximum absolute atomic E-state index is 11.9. The number of phenolic OH excluding ortho intramolecular Hbond substituents is 1. The molecule has 25 heavy (non-hydrogen) atoms. The normalized spacial score (nSPS) is 11.3. The lowest BCUT2D eigenvalue weighted by Gasteiger charge is -2.09. The van der Waals surface area contributed by atoms with E-state index in [-0.39, 0.29) is 5.75 Å². The fraction of sp³-hybridized carbons (Fsp3) is 0.353. The SMILES string of the molecule is COCCCn1cnnc1SCc1cc(=O)oc2c(C)c(O)ccc12. The Hall–Kier alpha value is -2.32. The van der Waals surface area contributed by atoms with Crippen molar-refractivity contribution in [2.75, 3.05) is 13.7 Å². The van der Waals surface area contributed by atoms with Gasteiger partial charge in [-0.25, -0.2) is 4.79 Å². The lowest BCUT2D eigenvalue weighted by atomic mass is 10.1. The van der Waals surface area contributed by atoms with Gasteiger partial charge in [0.25, 0.3) is 0 Å². The molecule has 1 N–H and O–H groups in total. The molecule has 0 fully saturated rings. The van der Waals surface area contributed by atoms with Crippen molar-refractivity contribution in [3.63, 3.8) is 0 Å². The number of hydrogen-bond acceptors (Lipinski definition) is 7. The first-order valence-electron chi connectivity index (χ1n) is 7.85. The highest BCUT2D eigenvalue weighted by Gasteiger charge is 2.12. The molecule has 0 bridgehead atoms. The minimum atomic E-state index is -0.432. The lowest BCUT2D eigenvalue weighted by molar-refractivity contribution is 0.189. The van der Waals surface area contributed by atoms with Gasteiger partial charge in [0.1, 0.15) is 17.7 Å². The van der Waals surface area contributed by atoms with Crippen LogP contribution < -0.4 is 5.63 Å². The van der Waals surface area contributed by atoms with Gasteiger partial charge in [-0.2, -0.15) is 0 Å². The average Bonchev–Trinajstić information content (AvgIpc) is 3.04. The zero-order valence-corrected chi connectivity index (χ0v) is 14.9. The van der Waals surface area contributed by atoms with Crippen LogP contribution in [0.2, 0.25) is 0 Å². The number of aromatic hydroxyl groups is 1. The number of ether oxygens (including phenoxy) is 1. The van der Waals surface area contributed by atoms with Crippen molar-refractivity contribution < 1.29 is 14.3 Å². The second-order valence-electron chi connectivity index (χ2n) is 5.62. The number of fused-ring (bicyclic) bond motifs is 1. The summed E-state index contributed by atoms with van der Waals surface area (Å²) in [6, 6.07) is 4.86. The summed E-state index contributed by atoms with van der Waals surface area (Å²) in [5.41, 5.74) is 1.39. The molecule has 1 aromatic carbocycles. The van der Waals surface area contributed by atoms with E-state index < -0.39 is 5.63 Å². The molecule has 2 heterocycles. The van der Waals surface area contributed by atoms with Crippen molar-refractivity contribution in [3.8, 4) is 5.75 Å². The van der Waals surface area contributed by atoms with Gasteiger partial charge in [-0.05, 0) is 31.0 Å². The molecule has 2 aromatic heterocycles. The Morgan fingerprint density at radius 1 is 1.40 bits per heavy atom. The predicted molar refractivity (Wildman–Crippen MR) is 95.0 cm³/mol. The Morgan fingerprint density at radius 3 is 3.04 bits per heavy atom. The van der Waals surface area contributed by atoms with Crippen molar-refractivity contribution in [3.05, 3.63) is 46.1 Å². The number of aryl methyl sites for hydroxylation is 2. The summed E-state index contributed by atoms with van der Waals surface area (Å²) in [4.78, 5) is 11.9. The predicted octanol–water partition coefficient (Wildman–Crippen LogP) is 2.73. The molecule has 0 aliphatic heterocycles. The summed E-state index contributed by atoms with van der Waals surface area (Å²) in [5, 5.41) is 19.5. The van der Waals surface area contributed by atoms with Crippen LogP contribution in [0.4, 0.5) is 0 Å². The van der Waals surface area contributed by atoms with Crippen molar-refractivity contribution in [1.82, 2.24) is 14.8 Å². The maximum atomic E-state index is 11.9. The summed E-state index contributed by atoms with van der Waals surface area (Å²) >= 11 is 1.50. The molecule has 0 aliphatic carbocycles. The quantitative estimate of drug-likeness (QED) is 0.393. The van der Waals surface area contributed by atoms with E-state index in [1.165, 1.54) is 17.8 Å². The Kier molecular flexibility index (Phi) is 5.40. The van der Waals surface area contributed by atoms with E-state index in [9.17, 15) is 9.90 Å². The molecule has 8 heteroatoms. The fourth-order valence-corrected chi connectivity index (χ4v) is 3.50. The van der Waals surface area contributed by atoms with Gasteiger partial charge in [0.15, 0.2) is 5.16 Å². The average molecular weight is 361 g/mol. The van der Waals surface area contributed by atoms with Gasteiger partial charge in [0.05, 0.1) is 0 Å². The second-order valence-corrected chi connectivity index (χ2v) is 6.56. The zero-order chi connectivity index (χ0) is 17.8. The Balaban J connectivity index is 1.84. The summed E-state index contributed by atoms with van der Waals surface area (Å²) in [6.07, 6.45) is 2.57. The summed E-state index contributed by atoms with van der Waals surface area (Å²) in [7, 11) is 1.67. The molecule has 0 atom stereocenters. The van der Waals surface area contributed by atoms with Crippen molar-refractivity contribution >= 4 is 22.7 Å². The fourth-order valence-electron chi connectivity index (χ4n) is 2.57. The van der Waals surface area contributed by atoms with E-state index >= 15 is 0 Å². The van der Waals surface area contributed by atoms with Gasteiger partial charge >= 0.3 is 5.63 Å². The van der Waals surface area contributed by atoms with Crippen LogP contribution in [-0.4, -0.2) is 33.6 Å². The standard InChI is InChI=1S/C17H19N3O4S/c1-11-14(21)5-4-13-12(8-15(22)24-16(11)13)9-25-17-19-18-10-20(17)6-3-7-23-2/h4-5,8,10,21H,3,6-7,9H2,1-2H3. The smallest absolute Gasteiger partial charge is 0.336 e. The first-order valence-corrected chi connectivity index (χ1v) is 8.83. The van der Waals surface area contributed by atoms with Gasteiger partial charge in [-0.3, -0.25) is 0 Å². The molecular formula is C17H19N3O4S. The zero-order valence-electron chi connectivity index (χ0n) is 14.1. The summed E-state index contributed by atoms with van der Waals surface area (Å²) < 4.78 is 12.3. The Bertz CT molecular complexity index is 935. The highest BCUT2D eigenvalue weighted by molar-refractivity contribution is 7.98. The number of phenols is 1. The van der Waals surface area contributed by atoms with E-state index in [1.807, 2.05) is 4.57 Å². The van der Waals surface area contributed by atoms with E-state index in [0.717, 1.165) is 29.1 Å². The van der Waals surface area contributed by atoms with Crippen LogP contribution in [0.3, 0.4) is 0 Å². The number of rotatable bonds is 7. The van der Waals surface area contributed by atoms with Crippen LogP contribution in [0.1, 0.15) is 17.5 Å². The van der Waals surface area contributed by atoms with Gasteiger partial charge in [0.2, 0.25) is 0 Å². The minimum Gasteiger partial charge on any atom is -0.508 e. The molecule has 0 saturated heterocycles. The molecule has 3 aromatic rings. The first kappa shape index (κ1) is 17.5. The van der Waals surface area contributed by atoms with Crippen molar-refractivity contribution in [2.24, 2.45) is 0 Å². The number of nitrogens with zero attached hydrogens (tertiary/aromatic N) is 3. The Labute approximate surface area is 148 Å². The second kappa shape index (κ2) is 7.71. The third-order valence-corrected chi connectivity index (χ3v) is 4.93. The van der Waals surface area contributed by atoms with Gasteiger partial charge < -0.3 is 18.8 Å². The molecule has 0 radical (unpaired) electrons. The first-order chi connectivity index (χ1) is 12.1. The van der Waals surface area contributed by atoms with Crippen LogP contribution in [0, 0.1) is 6.92 Å². The largest absolute Gasteiger partial charge is 0.508 e. The molecule has 0 spiro atoms. The molecule has 0 amide bonds. The van der Waals surface area contributed by atoms with Crippen LogP contribution in [0.5, 0.6) is 5.75 Å². The maximum Gasteiger partial charge on any atom is 0.336 e. The highest BCUT2D eigenvalue weighted by Crippen LogP contribution is 2.30. The summed E-state index contributed by atoms with van der Waals surface area (Å²) in [5.74, 6) is 0.660. The third kappa shape index (κ3) is 3.85. The number of aromatic nitrogens is 3. The van der Waals surface area contributed by atoms with Crippen LogP contribution in [-0.2, 0) is 17.0 Å². The van der Waals surface area contributed by atoms with E-state index in [2.05, 4.69) is 10.2 Å². The van der Waals surface area contributed by atoms with Crippen LogP contribution in [0.15, 0.2) is 38.9 Å². The lowest BCUT2D eigenvalue weighted by Crippen LogP contribution is -2.03. The molecule has 3 rings (SSSR count). The molecule has 0 unspecified atom stereocenters. The number of thioether (sulfide) groups is 1. The van der Waals surface area contributed by atoms with Crippen molar-refractivity contribution in [2.45, 2.75) is 30.8 Å². The minimum absolute atomic E-state index is 0.110. The van der Waals surface area contributed by atoms with Gasteiger partial charge in [-0.1, -0.05) is 11.8 Å². The number of benzene rings is 1. The molecule has 132 valence electrons. The third-order valence-electron chi connectivity index (χ3n) is 3.90. The number of methoxy groups -OCH3 is 1. The molecule has 7 nitrogen and oxygen atoms in total. The summed E-state index contributed by atoms with van der Waals surface area (Å²) in [6.45, 7) is 3.17. The van der Waals surface area contributed by atoms with E-state index in [4.69, 9.17) is 9.15 Å². The monoisotopic (exact) mass is 361 g/mol. The Morgan fingerprint density at radius 2 is 2.24 bits per heavy atom. The molecule has 0 aliphatic rings. The van der Waals surface area contributed by atoms with Crippen LogP contribution >= 0.6 is 11.8 Å². The van der Waals surface area contributed by atoms with Gasteiger partial charge in [-0.15, -0.1) is 10.2 Å². The van der Waals surface area contributed by atoms with E-state index in [0.29, 0.717) is 23.5 Å². The van der Waals surface area contributed by atoms with Crippen LogP contribution in [0.25, 0.3) is 11.0 Å². The van der Waals surface area contributed by atoms with Gasteiger partial charge in [0, 0.05) is 43.0 Å². The molecule has 0 saturated carbocycles. The van der Waals surface area contributed by atoms with E-state index in [1.54, 1.807) is 32.5 Å².